The number of halogens is 1. The van der Waals surface area contributed by atoms with Crippen LogP contribution in [0, 0.1) is 5.82 Å². The lowest BCUT2D eigenvalue weighted by Gasteiger charge is -2.28. The molecule has 1 heterocycles. The summed E-state index contributed by atoms with van der Waals surface area (Å²) in [7, 11) is 1.59. The van der Waals surface area contributed by atoms with E-state index < -0.39 is 0 Å². The minimum Gasteiger partial charge on any atom is -0.383 e. The first-order chi connectivity index (χ1) is 18.0. The SMILES string of the molecule is CCCCCCCC(=O)N(CCOC)CC(=O)N(CCc1c[nH]c2ccccc12)Cc1ccc(F)cc1. The largest absolute Gasteiger partial charge is 0.383 e. The molecule has 0 radical (unpaired) electrons. The van der Waals surface area contributed by atoms with Crippen LogP contribution >= 0.6 is 0 Å². The molecule has 7 heteroatoms. The van der Waals surface area contributed by atoms with Gasteiger partial charge in [-0.3, -0.25) is 9.59 Å². The highest BCUT2D eigenvalue weighted by molar-refractivity contribution is 5.85. The van der Waals surface area contributed by atoms with E-state index in [1.54, 1.807) is 29.0 Å². The van der Waals surface area contributed by atoms with Crippen molar-refractivity contribution in [3.8, 4) is 0 Å². The summed E-state index contributed by atoms with van der Waals surface area (Å²) >= 11 is 0. The van der Waals surface area contributed by atoms with Crippen LogP contribution in [0.1, 0.15) is 56.6 Å². The Kier molecular flexibility index (Phi) is 11.6. The quantitative estimate of drug-likeness (QED) is 0.251. The highest BCUT2D eigenvalue weighted by Crippen LogP contribution is 2.19. The molecule has 1 aromatic heterocycles. The summed E-state index contributed by atoms with van der Waals surface area (Å²) in [6, 6.07) is 14.3. The van der Waals surface area contributed by atoms with Gasteiger partial charge in [0.2, 0.25) is 11.8 Å². The first kappa shape index (κ1) is 28.4. The van der Waals surface area contributed by atoms with Crippen LogP contribution in [0.5, 0.6) is 0 Å². The molecule has 2 aromatic carbocycles. The molecule has 0 saturated carbocycles. The van der Waals surface area contributed by atoms with Crippen molar-refractivity contribution >= 4 is 22.7 Å². The molecule has 0 aliphatic carbocycles. The predicted molar refractivity (Wildman–Crippen MR) is 146 cm³/mol. The number of H-pyrrole nitrogens is 1. The van der Waals surface area contributed by atoms with E-state index in [9.17, 15) is 14.0 Å². The minimum absolute atomic E-state index is 0.00618. The number of aromatic nitrogens is 1. The summed E-state index contributed by atoms with van der Waals surface area (Å²) in [6.07, 6.45) is 8.40. The van der Waals surface area contributed by atoms with Gasteiger partial charge in [-0.25, -0.2) is 4.39 Å². The number of methoxy groups -OCH3 is 1. The molecule has 6 nitrogen and oxygen atoms in total. The molecule has 0 unspecified atom stereocenters. The fraction of sp³-hybridized carbons (Fsp3) is 0.467. The molecule has 1 N–H and O–H groups in total. The average Bonchev–Trinajstić information content (AvgIpc) is 3.32. The third-order valence-electron chi connectivity index (χ3n) is 6.70. The lowest BCUT2D eigenvalue weighted by Crippen LogP contribution is -2.44. The third-order valence-corrected chi connectivity index (χ3v) is 6.70. The van der Waals surface area contributed by atoms with Crippen LogP contribution in [0.2, 0.25) is 0 Å². The number of nitrogens with zero attached hydrogens (tertiary/aromatic N) is 2. The van der Waals surface area contributed by atoms with Gasteiger partial charge in [-0.1, -0.05) is 62.9 Å². The second-order valence-corrected chi connectivity index (χ2v) is 9.52. The van der Waals surface area contributed by atoms with Crippen LogP contribution in [-0.2, 0) is 27.3 Å². The van der Waals surface area contributed by atoms with Crippen molar-refractivity contribution in [2.24, 2.45) is 0 Å². The molecule has 37 heavy (non-hydrogen) atoms. The summed E-state index contributed by atoms with van der Waals surface area (Å²) in [6.45, 7) is 3.77. The van der Waals surface area contributed by atoms with E-state index in [-0.39, 0.29) is 24.2 Å². The molecule has 3 aromatic rings. The Morgan fingerprint density at radius 2 is 1.68 bits per heavy atom. The van der Waals surface area contributed by atoms with Crippen LogP contribution in [0.3, 0.4) is 0 Å². The molecular formula is C30H40FN3O3. The summed E-state index contributed by atoms with van der Waals surface area (Å²) in [5.74, 6) is -0.449. The number of para-hydroxylation sites is 1. The number of carbonyl (C=O) groups is 2. The number of hydrogen-bond acceptors (Lipinski definition) is 3. The van der Waals surface area contributed by atoms with Crippen molar-refractivity contribution in [3.63, 3.8) is 0 Å². The molecule has 2 amide bonds. The monoisotopic (exact) mass is 509 g/mol. The smallest absolute Gasteiger partial charge is 0.242 e. The Morgan fingerprint density at radius 1 is 0.919 bits per heavy atom. The lowest BCUT2D eigenvalue weighted by atomic mass is 10.1. The van der Waals surface area contributed by atoms with E-state index in [0.29, 0.717) is 39.1 Å². The van der Waals surface area contributed by atoms with Crippen molar-refractivity contribution in [3.05, 3.63) is 71.7 Å². The predicted octanol–water partition coefficient (Wildman–Crippen LogP) is 5.71. The van der Waals surface area contributed by atoms with E-state index in [4.69, 9.17) is 4.74 Å². The van der Waals surface area contributed by atoms with Gasteiger partial charge in [0.15, 0.2) is 0 Å². The fourth-order valence-corrected chi connectivity index (χ4v) is 4.49. The topological polar surface area (TPSA) is 65.6 Å². The molecule has 3 rings (SSSR count). The molecule has 0 atom stereocenters. The van der Waals surface area contributed by atoms with Gasteiger partial charge < -0.3 is 19.5 Å². The van der Waals surface area contributed by atoms with Crippen LogP contribution in [-0.4, -0.2) is 59.9 Å². The van der Waals surface area contributed by atoms with Gasteiger partial charge in [0.05, 0.1) is 13.2 Å². The standard InChI is InChI=1S/C30H40FN3O3/c1-3-4-5-6-7-12-29(35)34(19-20-37-2)23-30(36)33(22-24-13-15-26(31)16-14-24)18-17-25-21-32-28-11-9-8-10-27(25)28/h8-11,13-16,21,32H,3-7,12,17-20,22-23H2,1-2H3. The normalized spacial score (nSPS) is 11.1. The van der Waals surface area contributed by atoms with Gasteiger partial charge in [0, 0.05) is 50.3 Å². The maximum atomic E-state index is 13.5. The number of ether oxygens (including phenoxy) is 1. The van der Waals surface area contributed by atoms with E-state index in [2.05, 4.69) is 18.0 Å². The number of rotatable bonds is 16. The van der Waals surface area contributed by atoms with Crippen molar-refractivity contribution < 1.29 is 18.7 Å². The number of carbonyl (C=O) groups excluding carboxylic acids is 2. The zero-order valence-corrected chi connectivity index (χ0v) is 22.2. The van der Waals surface area contributed by atoms with Gasteiger partial charge in [0.25, 0.3) is 0 Å². The molecule has 200 valence electrons. The summed E-state index contributed by atoms with van der Waals surface area (Å²) in [5, 5.41) is 1.14. The number of hydrogen-bond donors (Lipinski definition) is 1. The number of benzene rings is 2. The van der Waals surface area contributed by atoms with Crippen molar-refractivity contribution in [2.75, 3.05) is 33.4 Å². The fourth-order valence-electron chi connectivity index (χ4n) is 4.49. The third kappa shape index (κ3) is 9.01. The highest BCUT2D eigenvalue weighted by atomic mass is 19.1. The molecule has 0 bridgehead atoms. The maximum Gasteiger partial charge on any atom is 0.242 e. The Labute approximate surface area is 219 Å². The van der Waals surface area contributed by atoms with Gasteiger partial charge in [-0.2, -0.15) is 0 Å². The first-order valence-corrected chi connectivity index (χ1v) is 13.4. The number of aromatic amines is 1. The Balaban J connectivity index is 1.69. The molecule has 0 aliphatic rings. The number of fused-ring (bicyclic) bond motifs is 1. The van der Waals surface area contributed by atoms with E-state index in [1.165, 1.54) is 18.6 Å². The Bertz CT molecular complexity index is 1110. The number of unbranched alkanes of at least 4 members (excludes halogenated alkanes) is 4. The van der Waals surface area contributed by atoms with Crippen LogP contribution in [0.25, 0.3) is 10.9 Å². The lowest BCUT2D eigenvalue weighted by molar-refractivity contribution is -0.141. The molecule has 0 spiro atoms. The Hall–Kier alpha value is -3.19. The average molecular weight is 510 g/mol. The van der Waals surface area contributed by atoms with Gasteiger partial charge >= 0.3 is 0 Å². The highest BCUT2D eigenvalue weighted by Gasteiger charge is 2.22. The molecular weight excluding hydrogens is 469 g/mol. The molecule has 0 saturated heterocycles. The van der Waals surface area contributed by atoms with Crippen molar-refractivity contribution in [2.45, 2.75) is 58.4 Å². The molecule has 0 fully saturated rings. The maximum absolute atomic E-state index is 13.5. The number of nitrogens with one attached hydrogen (secondary N) is 1. The van der Waals surface area contributed by atoms with Crippen LogP contribution in [0.15, 0.2) is 54.7 Å². The zero-order chi connectivity index (χ0) is 26.5. The van der Waals surface area contributed by atoms with Gasteiger partial charge in [0.1, 0.15) is 5.82 Å². The van der Waals surface area contributed by atoms with Gasteiger partial charge in [-0.15, -0.1) is 0 Å². The summed E-state index contributed by atoms with van der Waals surface area (Å²) in [4.78, 5) is 33.2. The first-order valence-electron chi connectivity index (χ1n) is 13.4. The van der Waals surface area contributed by atoms with Crippen LogP contribution in [0.4, 0.5) is 4.39 Å². The Morgan fingerprint density at radius 3 is 2.43 bits per heavy atom. The molecule has 0 aliphatic heterocycles. The number of amides is 2. The summed E-state index contributed by atoms with van der Waals surface area (Å²) < 4.78 is 18.7. The van der Waals surface area contributed by atoms with Crippen molar-refractivity contribution in [1.29, 1.82) is 0 Å². The van der Waals surface area contributed by atoms with Crippen LogP contribution < -0.4 is 0 Å². The van der Waals surface area contributed by atoms with Gasteiger partial charge in [-0.05, 0) is 42.2 Å². The van der Waals surface area contributed by atoms with E-state index >= 15 is 0 Å². The zero-order valence-electron chi connectivity index (χ0n) is 22.2. The van der Waals surface area contributed by atoms with E-state index in [1.807, 2.05) is 24.4 Å². The van der Waals surface area contributed by atoms with E-state index in [0.717, 1.165) is 47.7 Å². The van der Waals surface area contributed by atoms with Crippen molar-refractivity contribution in [1.82, 2.24) is 14.8 Å². The summed E-state index contributed by atoms with van der Waals surface area (Å²) in [5.41, 5.74) is 3.04. The minimum atomic E-state index is -0.310. The second kappa shape index (κ2) is 15.2. The second-order valence-electron chi connectivity index (χ2n) is 9.52.